The van der Waals surface area contributed by atoms with Crippen molar-refractivity contribution in [2.45, 2.75) is 37.7 Å². The molecule has 1 heterocycles. The third kappa shape index (κ3) is 1.58. The molecule has 1 aromatic rings. The van der Waals surface area contributed by atoms with Gasteiger partial charge in [-0.3, -0.25) is 0 Å². The highest BCUT2D eigenvalue weighted by Gasteiger charge is 2.27. The number of aliphatic hydroxyl groups is 1. The molecule has 0 radical (unpaired) electrons. The smallest absolute Gasteiger partial charge is 0.138 e. The van der Waals surface area contributed by atoms with E-state index in [1.165, 1.54) is 6.42 Å². The van der Waals surface area contributed by atoms with Crippen LogP contribution in [-0.2, 0) is 7.05 Å². The number of rotatable bonds is 1. The molecule has 72 valence electrons. The third-order valence-electron chi connectivity index (χ3n) is 2.81. The first-order valence-corrected chi connectivity index (χ1v) is 4.81. The van der Waals surface area contributed by atoms with Crippen molar-refractivity contribution in [3.63, 3.8) is 0 Å². The van der Waals surface area contributed by atoms with Gasteiger partial charge in [0.15, 0.2) is 0 Å². The van der Waals surface area contributed by atoms with Gasteiger partial charge in [0.05, 0.1) is 6.10 Å². The van der Waals surface area contributed by atoms with Crippen LogP contribution in [0.15, 0.2) is 6.33 Å². The molecule has 0 bridgehead atoms. The van der Waals surface area contributed by atoms with Gasteiger partial charge in [-0.1, -0.05) is 12.8 Å². The molecule has 1 N–H and O–H groups in total. The summed E-state index contributed by atoms with van der Waals surface area (Å²) in [6.45, 7) is 0. The van der Waals surface area contributed by atoms with E-state index in [2.05, 4.69) is 10.2 Å². The average Bonchev–Trinajstić information content (AvgIpc) is 2.52. The molecular formula is C9H15N3O. The Bertz CT molecular complexity index is 284. The van der Waals surface area contributed by atoms with Gasteiger partial charge in [0.1, 0.15) is 12.2 Å². The Kier molecular flexibility index (Phi) is 2.31. The Morgan fingerprint density at radius 2 is 2.23 bits per heavy atom. The summed E-state index contributed by atoms with van der Waals surface area (Å²) in [6.07, 6.45) is 5.73. The average molecular weight is 181 g/mol. The van der Waals surface area contributed by atoms with E-state index in [1.54, 1.807) is 6.33 Å². The molecule has 1 aliphatic rings. The molecule has 1 saturated carbocycles. The summed E-state index contributed by atoms with van der Waals surface area (Å²) in [5, 5.41) is 17.7. The highest BCUT2D eigenvalue weighted by Crippen LogP contribution is 2.31. The highest BCUT2D eigenvalue weighted by atomic mass is 16.3. The van der Waals surface area contributed by atoms with Crippen LogP contribution in [0.2, 0.25) is 0 Å². The molecule has 1 aromatic heterocycles. The second-order valence-corrected chi connectivity index (χ2v) is 3.76. The predicted molar refractivity (Wildman–Crippen MR) is 48.2 cm³/mol. The number of hydrogen-bond donors (Lipinski definition) is 1. The molecule has 0 saturated heterocycles. The van der Waals surface area contributed by atoms with Crippen LogP contribution in [0.25, 0.3) is 0 Å². The Hall–Kier alpha value is -0.900. The van der Waals surface area contributed by atoms with E-state index in [-0.39, 0.29) is 12.0 Å². The molecule has 0 aliphatic heterocycles. The zero-order valence-electron chi connectivity index (χ0n) is 7.85. The normalized spacial score (nSPS) is 29.1. The first-order valence-electron chi connectivity index (χ1n) is 4.81. The first kappa shape index (κ1) is 8.69. The minimum atomic E-state index is -0.225. The lowest BCUT2D eigenvalue weighted by Crippen LogP contribution is -2.24. The predicted octanol–water partition coefficient (Wildman–Crippen LogP) is 0.834. The summed E-state index contributed by atoms with van der Waals surface area (Å²) >= 11 is 0. The summed E-state index contributed by atoms with van der Waals surface area (Å²) in [6, 6.07) is 0. The second-order valence-electron chi connectivity index (χ2n) is 3.76. The summed E-state index contributed by atoms with van der Waals surface area (Å²) in [5.41, 5.74) is 0. The summed E-state index contributed by atoms with van der Waals surface area (Å²) in [5.74, 6) is 1.12. The van der Waals surface area contributed by atoms with Gasteiger partial charge in [0, 0.05) is 13.0 Å². The van der Waals surface area contributed by atoms with Gasteiger partial charge in [0.2, 0.25) is 0 Å². The molecule has 4 heteroatoms. The molecule has 2 atom stereocenters. The van der Waals surface area contributed by atoms with E-state index in [1.807, 2.05) is 11.6 Å². The number of hydrogen-bond acceptors (Lipinski definition) is 3. The Labute approximate surface area is 77.6 Å². The lowest BCUT2D eigenvalue weighted by molar-refractivity contribution is 0.101. The summed E-state index contributed by atoms with van der Waals surface area (Å²) < 4.78 is 1.90. The fourth-order valence-corrected chi connectivity index (χ4v) is 2.04. The van der Waals surface area contributed by atoms with E-state index in [9.17, 15) is 5.11 Å². The standard InChI is InChI=1S/C9H15N3O/c1-12-6-10-11-9(12)7-4-2-3-5-8(7)13/h6-8,13H,2-5H2,1H3/t7-,8-/m1/s1. The number of aliphatic hydroxyl groups excluding tert-OH is 1. The largest absolute Gasteiger partial charge is 0.392 e. The van der Waals surface area contributed by atoms with E-state index in [0.29, 0.717) is 0 Å². The monoisotopic (exact) mass is 181 g/mol. The van der Waals surface area contributed by atoms with Crippen LogP contribution in [0.1, 0.15) is 37.4 Å². The van der Waals surface area contributed by atoms with Crippen LogP contribution in [0.3, 0.4) is 0 Å². The Morgan fingerprint density at radius 1 is 1.46 bits per heavy atom. The van der Waals surface area contributed by atoms with E-state index >= 15 is 0 Å². The maximum absolute atomic E-state index is 9.78. The van der Waals surface area contributed by atoms with Crippen LogP contribution in [0, 0.1) is 0 Å². The van der Waals surface area contributed by atoms with Crippen molar-refractivity contribution < 1.29 is 5.11 Å². The quantitative estimate of drug-likeness (QED) is 0.698. The lowest BCUT2D eigenvalue weighted by atomic mass is 9.86. The minimum Gasteiger partial charge on any atom is -0.392 e. The van der Waals surface area contributed by atoms with Gasteiger partial charge in [-0.25, -0.2) is 0 Å². The molecule has 13 heavy (non-hydrogen) atoms. The zero-order chi connectivity index (χ0) is 9.26. The molecule has 4 nitrogen and oxygen atoms in total. The molecule has 0 spiro atoms. The lowest BCUT2D eigenvalue weighted by Gasteiger charge is -2.26. The summed E-state index contributed by atoms with van der Waals surface area (Å²) in [4.78, 5) is 0. The van der Waals surface area contributed by atoms with Gasteiger partial charge in [-0.05, 0) is 12.8 Å². The third-order valence-corrected chi connectivity index (χ3v) is 2.81. The molecule has 0 amide bonds. The molecule has 1 fully saturated rings. The maximum Gasteiger partial charge on any atom is 0.138 e. The van der Waals surface area contributed by atoms with Crippen molar-refractivity contribution in [3.8, 4) is 0 Å². The van der Waals surface area contributed by atoms with Crippen molar-refractivity contribution in [1.29, 1.82) is 0 Å². The second kappa shape index (κ2) is 3.46. The topological polar surface area (TPSA) is 50.9 Å². The van der Waals surface area contributed by atoms with E-state index < -0.39 is 0 Å². The van der Waals surface area contributed by atoms with Gasteiger partial charge >= 0.3 is 0 Å². The van der Waals surface area contributed by atoms with Gasteiger partial charge in [0.25, 0.3) is 0 Å². The minimum absolute atomic E-state index is 0.196. The number of aryl methyl sites for hydroxylation is 1. The van der Waals surface area contributed by atoms with Crippen LogP contribution in [0.5, 0.6) is 0 Å². The fourth-order valence-electron chi connectivity index (χ4n) is 2.04. The zero-order valence-corrected chi connectivity index (χ0v) is 7.85. The SMILES string of the molecule is Cn1cnnc1[C@@H]1CCCC[C@H]1O. The van der Waals surface area contributed by atoms with Gasteiger partial charge < -0.3 is 9.67 Å². The Balaban J connectivity index is 2.19. The number of nitrogens with zero attached hydrogens (tertiary/aromatic N) is 3. The first-order chi connectivity index (χ1) is 6.29. The molecular weight excluding hydrogens is 166 g/mol. The van der Waals surface area contributed by atoms with Crippen molar-refractivity contribution in [1.82, 2.24) is 14.8 Å². The maximum atomic E-state index is 9.78. The molecule has 2 rings (SSSR count). The molecule has 0 unspecified atom stereocenters. The van der Waals surface area contributed by atoms with Crippen molar-refractivity contribution in [3.05, 3.63) is 12.2 Å². The van der Waals surface area contributed by atoms with Crippen LogP contribution in [0.4, 0.5) is 0 Å². The van der Waals surface area contributed by atoms with Crippen molar-refractivity contribution in [2.24, 2.45) is 7.05 Å². The van der Waals surface area contributed by atoms with Crippen LogP contribution < -0.4 is 0 Å². The van der Waals surface area contributed by atoms with Crippen molar-refractivity contribution >= 4 is 0 Å². The fraction of sp³-hybridized carbons (Fsp3) is 0.778. The van der Waals surface area contributed by atoms with E-state index in [4.69, 9.17) is 0 Å². The van der Waals surface area contributed by atoms with Crippen LogP contribution >= 0.6 is 0 Å². The molecule has 1 aliphatic carbocycles. The number of aromatic nitrogens is 3. The molecule has 0 aromatic carbocycles. The van der Waals surface area contributed by atoms with Gasteiger partial charge in [-0.2, -0.15) is 0 Å². The van der Waals surface area contributed by atoms with Gasteiger partial charge in [-0.15, -0.1) is 10.2 Å². The van der Waals surface area contributed by atoms with Crippen molar-refractivity contribution in [2.75, 3.05) is 0 Å². The van der Waals surface area contributed by atoms with Crippen LogP contribution in [-0.4, -0.2) is 26.0 Å². The summed E-state index contributed by atoms with van der Waals surface area (Å²) in [7, 11) is 1.93. The van der Waals surface area contributed by atoms with E-state index in [0.717, 1.165) is 25.1 Å². The Morgan fingerprint density at radius 3 is 2.85 bits per heavy atom. The highest BCUT2D eigenvalue weighted by molar-refractivity contribution is 5.00.